The molecule has 1 fully saturated rings. The minimum atomic E-state index is -4.86. The number of nitrogens with zero attached hydrogens (tertiary/aromatic N) is 1. The van der Waals surface area contributed by atoms with Gasteiger partial charge in [-0.15, -0.1) is 0 Å². The Balaban J connectivity index is 1.72. The van der Waals surface area contributed by atoms with Crippen molar-refractivity contribution < 1.29 is 36.2 Å². The molecule has 1 unspecified atom stereocenters. The zero-order chi connectivity index (χ0) is 31.6. The molecule has 1 aliphatic carbocycles. The second-order valence-corrected chi connectivity index (χ2v) is 11.6. The quantitative estimate of drug-likeness (QED) is 0.210. The second kappa shape index (κ2) is 12.7. The van der Waals surface area contributed by atoms with Gasteiger partial charge in [-0.2, -0.15) is 13.2 Å². The number of hydrogen-bond donors (Lipinski definition) is 2. The molecule has 6 nitrogen and oxygen atoms in total. The molecule has 1 heterocycles. The number of methoxy groups -OCH3 is 1. The van der Waals surface area contributed by atoms with Crippen LogP contribution in [0.2, 0.25) is 5.02 Å². The standard InChI is InChI=1S/C31H33ClF5N3O3/c1-29(2,39-12-11-33)20-15-24(18-5-9-23(34)22(32)13-18)40-27(16-20)30(3,31(35,36)37)17-38-28(41)19-6-10-25(26(14-19)42-4)43-21-7-8-21/h5-6,9-10,13-16,21,39H,7-8,11-12,17H2,1-4H3,(H,38,41). The number of alkyl halides is 4. The number of carbonyl (C=O) groups excluding carboxylic acids is 1. The van der Waals surface area contributed by atoms with E-state index in [9.17, 15) is 26.7 Å². The average Bonchev–Trinajstić information content (AvgIpc) is 3.79. The van der Waals surface area contributed by atoms with Gasteiger partial charge in [0, 0.05) is 29.8 Å². The summed E-state index contributed by atoms with van der Waals surface area (Å²) in [6, 6.07) is 11.0. The molecule has 2 aromatic carbocycles. The molecule has 1 amide bonds. The zero-order valence-electron chi connectivity index (χ0n) is 24.2. The van der Waals surface area contributed by atoms with Crippen LogP contribution < -0.4 is 20.1 Å². The van der Waals surface area contributed by atoms with E-state index >= 15 is 0 Å². The Kier molecular flexibility index (Phi) is 9.56. The van der Waals surface area contributed by atoms with E-state index in [0.717, 1.165) is 25.8 Å². The van der Waals surface area contributed by atoms with Gasteiger partial charge in [0.25, 0.3) is 5.91 Å². The Morgan fingerprint density at radius 1 is 1.05 bits per heavy atom. The van der Waals surface area contributed by atoms with Gasteiger partial charge in [0.05, 0.1) is 29.6 Å². The monoisotopic (exact) mass is 625 g/mol. The van der Waals surface area contributed by atoms with E-state index in [1.54, 1.807) is 26.0 Å². The molecule has 12 heteroatoms. The predicted molar refractivity (Wildman–Crippen MR) is 154 cm³/mol. The molecule has 0 spiro atoms. The molecule has 3 aromatic rings. The number of pyridine rings is 1. The number of halogens is 6. The first kappa shape index (κ1) is 32.5. The summed E-state index contributed by atoms with van der Waals surface area (Å²) in [4.78, 5) is 17.4. The maximum absolute atomic E-state index is 14.9. The van der Waals surface area contributed by atoms with Gasteiger partial charge in [0.2, 0.25) is 0 Å². The summed E-state index contributed by atoms with van der Waals surface area (Å²) in [5.41, 5.74) is -3.18. The van der Waals surface area contributed by atoms with Gasteiger partial charge in [-0.25, -0.2) is 8.78 Å². The maximum atomic E-state index is 14.9. The summed E-state index contributed by atoms with van der Waals surface area (Å²) in [6.07, 6.45) is -2.96. The van der Waals surface area contributed by atoms with E-state index in [0.29, 0.717) is 11.3 Å². The first-order chi connectivity index (χ1) is 20.2. The van der Waals surface area contributed by atoms with Crippen LogP contribution in [-0.4, -0.2) is 50.0 Å². The van der Waals surface area contributed by atoms with Crippen LogP contribution in [0.5, 0.6) is 11.5 Å². The summed E-state index contributed by atoms with van der Waals surface area (Å²) in [5, 5.41) is 5.16. The van der Waals surface area contributed by atoms with Gasteiger partial charge in [-0.3, -0.25) is 9.78 Å². The molecule has 1 saturated carbocycles. The molecule has 1 aliphatic rings. The molecule has 0 saturated heterocycles. The summed E-state index contributed by atoms with van der Waals surface area (Å²) in [5.74, 6) is -0.713. The van der Waals surface area contributed by atoms with Crippen LogP contribution in [0.3, 0.4) is 0 Å². The summed E-state index contributed by atoms with van der Waals surface area (Å²) in [7, 11) is 1.41. The molecular formula is C31H33ClF5N3O3. The van der Waals surface area contributed by atoms with Crippen molar-refractivity contribution in [3.05, 3.63) is 76.2 Å². The molecule has 4 rings (SSSR count). The first-order valence-electron chi connectivity index (χ1n) is 13.7. The fourth-order valence-corrected chi connectivity index (χ4v) is 4.59. The van der Waals surface area contributed by atoms with E-state index in [2.05, 4.69) is 15.6 Å². The minimum absolute atomic E-state index is 0.0388. The first-order valence-corrected chi connectivity index (χ1v) is 14.1. The van der Waals surface area contributed by atoms with Gasteiger partial charge in [0.1, 0.15) is 17.9 Å². The summed E-state index contributed by atoms with van der Waals surface area (Å²) < 4.78 is 82.6. The molecule has 232 valence electrons. The topological polar surface area (TPSA) is 72.5 Å². The van der Waals surface area contributed by atoms with Crippen molar-refractivity contribution in [2.75, 3.05) is 26.9 Å². The number of benzene rings is 2. The van der Waals surface area contributed by atoms with Crippen molar-refractivity contribution in [1.82, 2.24) is 15.6 Å². The number of rotatable bonds is 12. The van der Waals surface area contributed by atoms with Gasteiger partial charge >= 0.3 is 6.18 Å². The van der Waals surface area contributed by atoms with E-state index in [1.807, 2.05) is 0 Å². The largest absolute Gasteiger partial charge is 0.493 e. The Labute approximate surface area is 251 Å². The molecule has 2 N–H and O–H groups in total. The third-order valence-electron chi connectivity index (χ3n) is 7.46. The van der Waals surface area contributed by atoms with E-state index < -0.39 is 47.8 Å². The van der Waals surface area contributed by atoms with Gasteiger partial charge in [-0.1, -0.05) is 11.6 Å². The molecular weight excluding hydrogens is 593 g/mol. The fraction of sp³-hybridized carbons (Fsp3) is 0.419. The van der Waals surface area contributed by atoms with Crippen LogP contribution in [0.1, 0.15) is 55.2 Å². The molecule has 0 bridgehead atoms. The van der Waals surface area contributed by atoms with Crippen molar-refractivity contribution in [2.45, 2.75) is 56.8 Å². The molecule has 0 aliphatic heterocycles. The smallest absolute Gasteiger partial charge is 0.401 e. The molecule has 1 atom stereocenters. The summed E-state index contributed by atoms with van der Waals surface area (Å²) in [6.45, 7) is 2.75. The number of aromatic nitrogens is 1. The highest BCUT2D eigenvalue weighted by Crippen LogP contribution is 2.42. The highest BCUT2D eigenvalue weighted by atomic mass is 35.5. The second-order valence-electron chi connectivity index (χ2n) is 11.2. The fourth-order valence-electron chi connectivity index (χ4n) is 4.41. The lowest BCUT2D eigenvalue weighted by Gasteiger charge is -2.34. The third-order valence-corrected chi connectivity index (χ3v) is 7.75. The van der Waals surface area contributed by atoms with Crippen LogP contribution in [0.4, 0.5) is 22.0 Å². The lowest BCUT2D eigenvalue weighted by molar-refractivity contribution is -0.184. The molecule has 43 heavy (non-hydrogen) atoms. The van der Waals surface area contributed by atoms with Crippen molar-refractivity contribution >= 4 is 17.5 Å². The number of ether oxygens (including phenoxy) is 2. The normalized spacial score (nSPS) is 15.1. The number of hydrogen-bond acceptors (Lipinski definition) is 5. The Morgan fingerprint density at radius 3 is 2.37 bits per heavy atom. The van der Waals surface area contributed by atoms with Crippen molar-refractivity contribution in [3.8, 4) is 22.8 Å². The Morgan fingerprint density at radius 2 is 1.77 bits per heavy atom. The van der Waals surface area contributed by atoms with Gasteiger partial charge in [-0.05, 0) is 87.7 Å². The number of amides is 1. The average molecular weight is 626 g/mol. The number of carbonyl (C=O) groups is 1. The minimum Gasteiger partial charge on any atom is -0.493 e. The highest BCUT2D eigenvalue weighted by molar-refractivity contribution is 6.31. The van der Waals surface area contributed by atoms with Gasteiger partial charge in [0.15, 0.2) is 11.5 Å². The SMILES string of the molecule is COc1cc(C(=O)NCC(C)(c2cc(C(C)(C)NCCF)cc(-c3ccc(F)c(Cl)c3)n2)C(F)(F)F)ccc1OC1CC1. The van der Waals surface area contributed by atoms with Gasteiger partial charge < -0.3 is 20.1 Å². The lowest BCUT2D eigenvalue weighted by Crippen LogP contribution is -2.49. The van der Waals surface area contributed by atoms with Crippen molar-refractivity contribution in [2.24, 2.45) is 0 Å². The zero-order valence-corrected chi connectivity index (χ0v) is 24.9. The highest BCUT2D eigenvalue weighted by Gasteiger charge is 2.54. The molecule has 1 aromatic heterocycles. The van der Waals surface area contributed by atoms with Crippen LogP contribution in [-0.2, 0) is 11.0 Å². The summed E-state index contributed by atoms with van der Waals surface area (Å²) >= 11 is 5.97. The molecule has 0 radical (unpaired) electrons. The van der Waals surface area contributed by atoms with Crippen molar-refractivity contribution in [1.29, 1.82) is 0 Å². The Bertz CT molecular complexity index is 1480. The van der Waals surface area contributed by atoms with E-state index in [-0.39, 0.29) is 40.2 Å². The number of nitrogens with one attached hydrogen (secondary N) is 2. The Hall–Kier alpha value is -3.44. The van der Waals surface area contributed by atoms with Crippen LogP contribution in [0.15, 0.2) is 48.5 Å². The van der Waals surface area contributed by atoms with Crippen molar-refractivity contribution in [3.63, 3.8) is 0 Å². The predicted octanol–water partition coefficient (Wildman–Crippen LogP) is 7.14. The van der Waals surface area contributed by atoms with E-state index in [1.165, 1.54) is 37.4 Å². The maximum Gasteiger partial charge on any atom is 0.401 e. The van der Waals surface area contributed by atoms with Crippen LogP contribution in [0.25, 0.3) is 11.3 Å². The lowest BCUT2D eigenvalue weighted by atomic mass is 9.82. The van der Waals surface area contributed by atoms with Crippen LogP contribution >= 0.6 is 11.6 Å². The van der Waals surface area contributed by atoms with Crippen LogP contribution in [0, 0.1) is 5.82 Å². The third kappa shape index (κ3) is 7.38. The van der Waals surface area contributed by atoms with E-state index in [4.69, 9.17) is 21.1 Å².